The molecule has 1 heterocycles. The Morgan fingerprint density at radius 2 is 2.00 bits per heavy atom. The molecule has 0 unspecified atom stereocenters. The largest absolute Gasteiger partial charge is 0.494 e. The number of carbonyl (C=O) groups is 1. The van der Waals surface area contributed by atoms with Crippen LogP contribution in [-0.4, -0.2) is 40.4 Å². The van der Waals surface area contributed by atoms with E-state index in [1.54, 1.807) is 0 Å². The van der Waals surface area contributed by atoms with E-state index in [0.717, 1.165) is 5.75 Å². The molecule has 23 heavy (non-hydrogen) atoms. The molecule has 1 N–H and O–H groups in total. The molecule has 0 saturated carbocycles. The second kappa shape index (κ2) is 8.38. The van der Waals surface area contributed by atoms with Crippen molar-refractivity contribution in [2.75, 3.05) is 19.8 Å². The van der Waals surface area contributed by atoms with Crippen LogP contribution in [0.3, 0.4) is 0 Å². The number of hydrogen-bond acceptors (Lipinski definition) is 6. The first-order valence-electron chi connectivity index (χ1n) is 7.13. The van der Waals surface area contributed by atoms with Crippen molar-refractivity contribution < 1.29 is 14.3 Å². The van der Waals surface area contributed by atoms with Crippen LogP contribution in [0.25, 0.3) is 0 Å². The molecule has 2 aromatic rings. The molecule has 0 bridgehead atoms. The monoisotopic (exact) mass is 315 g/mol. The second-order valence-electron chi connectivity index (χ2n) is 4.50. The lowest BCUT2D eigenvalue weighted by Gasteiger charge is -2.09. The maximum Gasteiger partial charge on any atom is 0.240 e. The molecule has 1 aromatic carbocycles. The molecule has 8 nitrogen and oxygen atoms in total. The second-order valence-corrected chi connectivity index (χ2v) is 4.50. The van der Waals surface area contributed by atoms with Crippen molar-refractivity contribution in [2.45, 2.75) is 13.5 Å². The number of amides is 1. The van der Waals surface area contributed by atoms with Gasteiger partial charge in [-0.1, -0.05) is 0 Å². The van der Waals surface area contributed by atoms with E-state index < -0.39 is 0 Å². The van der Waals surface area contributed by atoms with Crippen LogP contribution in [0.2, 0.25) is 0 Å². The SMILES string of the molecule is CCOc1ccc(OCCNC(=O)Cn2cnnc2C#N)cc1. The summed E-state index contributed by atoms with van der Waals surface area (Å²) in [4.78, 5) is 11.7. The van der Waals surface area contributed by atoms with Crippen LogP contribution in [0.4, 0.5) is 0 Å². The molecule has 0 fully saturated rings. The van der Waals surface area contributed by atoms with Crippen molar-refractivity contribution in [2.24, 2.45) is 0 Å². The van der Waals surface area contributed by atoms with Crippen molar-refractivity contribution in [1.29, 1.82) is 5.26 Å². The molecule has 0 atom stereocenters. The smallest absolute Gasteiger partial charge is 0.240 e. The summed E-state index contributed by atoms with van der Waals surface area (Å²) in [5.41, 5.74) is 0. The van der Waals surface area contributed by atoms with Crippen LogP contribution < -0.4 is 14.8 Å². The summed E-state index contributed by atoms with van der Waals surface area (Å²) in [5.74, 6) is 1.35. The van der Waals surface area contributed by atoms with Crippen molar-refractivity contribution in [3.63, 3.8) is 0 Å². The molecule has 0 aliphatic heterocycles. The number of aromatic nitrogens is 3. The summed E-state index contributed by atoms with van der Waals surface area (Å²) >= 11 is 0. The highest BCUT2D eigenvalue weighted by atomic mass is 16.5. The Morgan fingerprint density at radius 1 is 1.30 bits per heavy atom. The first kappa shape index (κ1) is 16.3. The van der Waals surface area contributed by atoms with Gasteiger partial charge >= 0.3 is 0 Å². The van der Waals surface area contributed by atoms with E-state index >= 15 is 0 Å². The highest BCUT2D eigenvalue weighted by molar-refractivity contribution is 5.75. The maximum atomic E-state index is 11.7. The van der Waals surface area contributed by atoms with Crippen LogP contribution in [0.5, 0.6) is 11.5 Å². The van der Waals surface area contributed by atoms with E-state index in [4.69, 9.17) is 14.7 Å². The van der Waals surface area contributed by atoms with Gasteiger partial charge in [-0.15, -0.1) is 10.2 Å². The number of benzene rings is 1. The highest BCUT2D eigenvalue weighted by Gasteiger charge is 2.07. The lowest BCUT2D eigenvalue weighted by atomic mass is 10.3. The fourth-order valence-corrected chi connectivity index (χ4v) is 1.83. The maximum absolute atomic E-state index is 11.7. The third-order valence-electron chi connectivity index (χ3n) is 2.86. The van der Waals surface area contributed by atoms with Crippen molar-refractivity contribution >= 4 is 5.91 Å². The Bertz CT molecular complexity index is 675. The zero-order valence-electron chi connectivity index (χ0n) is 12.7. The average Bonchev–Trinajstić information content (AvgIpc) is 3.00. The van der Waals surface area contributed by atoms with Crippen molar-refractivity contribution in [3.05, 3.63) is 36.4 Å². The van der Waals surface area contributed by atoms with Gasteiger partial charge in [0.25, 0.3) is 0 Å². The molecule has 0 aliphatic carbocycles. The molecule has 0 aliphatic rings. The van der Waals surface area contributed by atoms with Gasteiger partial charge in [-0.25, -0.2) is 0 Å². The summed E-state index contributed by atoms with van der Waals surface area (Å²) in [5, 5.41) is 18.6. The van der Waals surface area contributed by atoms with E-state index in [0.29, 0.717) is 25.5 Å². The van der Waals surface area contributed by atoms with Crippen LogP contribution in [0.15, 0.2) is 30.6 Å². The standard InChI is InChI=1S/C15H17N5O3/c1-2-22-12-3-5-13(6-4-12)23-8-7-17-15(21)10-20-11-18-19-14(20)9-16/h3-6,11H,2,7-8,10H2,1H3,(H,17,21). The Morgan fingerprint density at radius 3 is 2.65 bits per heavy atom. The van der Waals surface area contributed by atoms with Crippen molar-refractivity contribution in [3.8, 4) is 17.6 Å². The third-order valence-corrected chi connectivity index (χ3v) is 2.86. The minimum Gasteiger partial charge on any atom is -0.494 e. The van der Waals surface area contributed by atoms with E-state index in [2.05, 4.69) is 15.5 Å². The van der Waals surface area contributed by atoms with Gasteiger partial charge in [-0.3, -0.25) is 9.36 Å². The first-order valence-corrected chi connectivity index (χ1v) is 7.13. The van der Waals surface area contributed by atoms with Gasteiger partial charge in [-0.05, 0) is 31.2 Å². The summed E-state index contributed by atoms with van der Waals surface area (Å²) in [6.07, 6.45) is 1.34. The lowest BCUT2D eigenvalue weighted by molar-refractivity contribution is -0.121. The summed E-state index contributed by atoms with van der Waals surface area (Å²) in [6, 6.07) is 9.13. The van der Waals surface area contributed by atoms with Gasteiger partial charge in [0.05, 0.1) is 13.2 Å². The number of nitriles is 1. The Hall–Kier alpha value is -3.08. The average molecular weight is 315 g/mol. The number of carbonyl (C=O) groups excluding carboxylic acids is 1. The predicted molar refractivity (Wildman–Crippen MR) is 80.9 cm³/mol. The molecule has 1 aromatic heterocycles. The number of hydrogen-bond donors (Lipinski definition) is 1. The van der Waals surface area contributed by atoms with Crippen molar-refractivity contribution in [1.82, 2.24) is 20.1 Å². The summed E-state index contributed by atoms with van der Waals surface area (Å²) in [7, 11) is 0. The Labute approximate surface area is 133 Å². The molecule has 0 saturated heterocycles. The molecular formula is C15H17N5O3. The van der Waals surface area contributed by atoms with Gasteiger partial charge in [-0.2, -0.15) is 5.26 Å². The van der Waals surface area contributed by atoms with Gasteiger partial charge in [0.1, 0.15) is 37.0 Å². The Kier molecular flexibility index (Phi) is 5.94. The van der Waals surface area contributed by atoms with Gasteiger partial charge in [0, 0.05) is 0 Å². The number of nitrogens with one attached hydrogen (secondary N) is 1. The highest BCUT2D eigenvalue weighted by Crippen LogP contribution is 2.17. The topological polar surface area (TPSA) is 102 Å². The zero-order chi connectivity index (χ0) is 16.5. The third kappa shape index (κ3) is 5.00. The van der Waals surface area contributed by atoms with Gasteiger partial charge < -0.3 is 14.8 Å². The zero-order valence-corrected chi connectivity index (χ0v) is 12.7. The molecule has 0 radical (unpaired) electrons. The minimum absolute atomic E-state index is 0.00104. The quantitative estimate of drug-likeness (QED) is 0.721. The van der Waals surface area contributed by atoms with E-state index in [1.165, 1.54) is 10.9 Å². The van der Waals surface area contributed by atoms with E-state index in [1.807, 2.05) is 37.3 Å². The number of nitrogens with zero attached hydrogens (tertiary/aromatic N) is 4. The fraction of sp³-hybridized carbons (Fsp3) is 0.333. The first-order chi connectivity index (χ1) is 11.2. The van der Waals surface area contributed by atoms with E-state index in [-0.39, 0.29) is 18.3 Å². The van der Waals surface area contributed by atoms with Crippen LogP contribution in [-0.2, 0) is 11.3 Å². The normalized spacial score (nSPS) is 9.91. The van der Waals surface area contributed by atoms with Crippen LogP contribution in [0.1, 0.15) is 12.7 Å². The van der Waals surface area contributed by atoms with Crippen LogP contribution >= 0.6 is 0 Å². The van der Waals surface area contributed by atoms with Gasteiger partial charge in [0.2, 0.25) is 11.7 Å². The Balaban J connectivity index is 1.68. The summed E-state index contributed by atoms with van der Waals surface area (Å²) < 4.78 is 12.2. The minimum atomic E-state index is -0.239. The number of ether oxygens (including phenoxy) is 2. The molecule has 120 valence electrons. The summed E-state index contributed by atoms with van der Waals surface area (Å²) in [6.45, 7) is 3.24. The van der Waals surface area contributed by atoms with E-state index in [9.17, 15) is 4.79 Å². The molecule has 1 amide bonds. The molecule has 0 spiro atoms. The molecule has 8 heteroatoms. The lowest BCUT2D eigenvalue weighted by Crippen LogP contribution is -2.31. The molecule has 2 rings (SSSR count). The van der Waals surface area contributed by atoms with Gasteiger partial charge in [0.15, 0.2) is 0 Å². The predicted octanol–water partition coefficient (Wildman–Crippen LogP) is 0.744. The van der Waals surface area contributed by atoms with Crippen LogP contribution in [0, 0.1) is 11.3 Å². The fourth-order valence-electron chi connectivity index (χ4n) is 1.83. The molecular weight excluding hydrogens is 298 g/mol. The number of rotatable bonds is 8.